The molecule has 0 spiro atoms. The summed E-state index contributed by atoms with van der Waals surface area (Å²) in [5, 5.41) is 11.2. The molecule has 0 aliphatic heterocycles. The molecule has 2 rings (SSSR count). The number of hydrogen-bond donors (Lipinski definition) is 1. The molecule has 0 radical (unpaired) electrons. The molecule has 0 saturated heterocycles. The van der Waals surface area contributed by atoms with E-state index in [1.165, 1.54) is 16.3 Å². The summed E-state index contributed by atoms with van der Waals surface area (Å²) in [6.45, 7) is 2.01. The Morgan fingerprint density at radius 2 is 1.86 bits per heavy atom. The summed E-state index contributed by atoms with van der Waals surface area (Å²) in [4.78, 5) is 10.6. The van der Waals surface area contributed by atoms with Gasteiger partial charge in [0.15, 0.2) is 0 Å². The predicted molar refractivity (Wildman–Crippen MR) is 89.5 cm³/mol. The maximum absolute atomic E-state index is 10.6. The fourth-order valence-corrected chi connectivity index (χ4v) is 2.78. The highest BCUT2D eigenvalue weighted by atomic mass is 16.5. The maximum atomic E-state index is 10.6. The second kappa shape index (κ2) is 7.83. The second-order valence-electron chi connectivity index (χ2n) is 6.00. The highest BCUT2D eigenvalue weighted by molar-refractivity contribution is 5.84. The topological polar surface area (TPSA) is 46.5 Å². The van der Waals surface area contributed by atoms with Crippen molar-refractivity contribution in [2.24, 2.45) is 5.92 Å². The highest BCUT2D eigenvalue weighted by Gasteiger charge is 2.07. The summed E-state index contributed by atoms with van der Waals surface area (Å²) in [6.07, 6.45) is 4.48. The van der Waals surface area contributed by atoms with Crippen LogP contribution in [0.1, 0.15) is 38.2 Å². The Labute approximate surface area is 131 Å². The van der Waals surface area contributed by atoms with Crippen LogP contribution in [0.3, 0.4) is 0 Å². The zero-order valence-corrected chi connectivity index (χ0v) is 13.3. The van der Waals surface area contributed by atoms with E-state index in [1.807, 2.05) is 19.1 Å². The SMILES string of the molecule is COc1ccc2cc(CCCCC(C)CC(=O)O)ccc2c1. The van der Waals surface area contributed by atoms with Crippen molar-refractivity contribution >= 4 is 16.7 Å². The summed E-state index contributed by atoms with van der Waals surface area (Å²) < 4.78 is 5.24. The van der Waals surface area contributed by atoms with Gasteiger partial charge in [0, 0.05) is 6.42 Å². The van der Waals surface area contributed by atoms with E-state index in [0.717, 1.165) is 31.4 Å². The van der Waals surface area contributed by atoms with Crippen LogP contribution in [-0.2, 0) is 11.2 Å². The number of methoxy groups -OCH3 is 1. The van der Waals surface area contributed by atoms with Crippen molar-refractivity contribution in [3.05, 3.63) is 42.0 Å². The number of aryl methyl sites for hydroxylation is 1. The van der Waals surface area contributed by atoms with Gasteiger partial charge in [0.05, 0.1) is 7.11 Å². The number of carboxylic acid groups (broad SMARTS) is 1. The van der Waals surface area contributed by atoms with Gasteiger partial charge in [0.2, 0.25) is 0 Å². The zero-order chi connectivity index (χ0) is 15.9. The molecule has 0 bridgehead atoms. The van der Waals surface area contributed by atoms with Crippen LogP contribution in [0, 0.1) is 5.92 Å². The van der Waals surface area contributed by atoms with Crippen molar-refractivity contribution < 1.29 is 14.6 Å². The number of carboxylic acids is 1. The third-order valence-corrected chi connectivity index (χ3v) is 4.05. The van der Waals surface area contributed by atoms with Crippen LogP contribution < -0.4 is 4.74 Å². The molecule has 3 nitrogen and oxygen atoms in total. The number of ether oxygens (including phenoxy) is 1. The Morgan fingerprint density at radius 1 is 1.14 bits per heavy atom. The summed E-state index contributed by atoms with van der Waals surface area (Å²) in [7, 11) is 1.68. The first-order valence-corrected chi connectivity index (χ1v) is 7.87. The van der Waals surface area contributed by atoms with Crippen LogP contribution in [0.5, 0.6) is 5.75 Å². The average Bonchev–Trinajstić information content (AvgIpc) is 2.50. The Morgan fingerprint density at radius 3 is 2.59 bits per heavy atom. The number of fused-ring (bicyclic) bond motifs is 1. The maximum Gasteiger partial charge on any atom is 0.303 e. The lowest BCUT2D eigenvalue weighted by molar-refractivity contribution is -0.138. The van der Waals surface area contributed by atoms with E-state index in [0.29, 0.717) is 0 Å². The normalized spacial score (nSPS) is 12.3. The molecular weight excluding hydrogens is 276 g/mol. The highest BCUT2D eigenvalue weighted by Crippen LogP contribution is 2.23. The van der Waals surface area contributed by atoms with Gasteiger partial charge in [-0.25, -0.2) is 0 Å². The minimum atomic E-state index is -0.697. The van der Waals surface area contributed by atoms with Gasteiger partial charge in [-0.1, -0.05) is 44.0 Å². The van der Waals surface area contributed by atoms with Crippen LogP contribution >= 0.6 is 0 Å². The van der Waals surface area contributed by atoms with Crippen LogP contribution in [0.25, 0.3) is 10.8 Å². The number of aliphatic carboxylic acids is 1. The van der Waals surface area contributed by atoms with E-state index < -0.39 is 5.97 Å². The average molecular weight is 300 g/mol. The van der Waals surface area contributed by atoms with Gasteiger partial charge in [0.25, 0.3) is 0 Å². The third kappa shape index (κ3) is 4.76. The molecule has 0 heterocycles. The fraction of sp³-hybridized carbons (Fsp3) is 0.421. The van der Waals surface area contributed by atoms with Gasteiger partial charge < -0.3 is 9.84 Å². The molecule has 1 atom stereocenters. The van der Waals surface area contributed by atoms with Crippen molar-refractivity contribution in [2.45, 2.75) is 39.0 Å². The fourth-order valence-electron chi connectivity index (χ4n) is 2.78. The summed E-state index contributed by atoms with van der Waals surface area (Å²) in [6, 6.07) is 12.7. The Bertz CT molecular complexity index is 634. The Balaban J connectivity index is 1.86. The van der Waals surface area contributed by atoms with Gasteiger partial charge >= 0.3 is 5.97 Å². The first kappa shape index (κ1) is 16.3. The second-order valence-corrected chi connectivity index (χ2v) is 6.00. The van der Waals surface area contributed by atoms with E-state index in [-0.39, 0.29) is 12.3 Å². The largest absolute Gasteiger partial charge is 0.497 e. The van der Waals surface area contributed by atoms with Crippen LogP contribution in [0.15, 0.2) is 36.4 Å². The van der Waals surface area contributed by atoms with Gasteiger partial charge in [-0.15, -0.1) is 0 Å². The Kier molecular flexibility index (Phi) is 5.82. The quantitative estimate of drug-likeness (QED) is 0.720. The molecule has 0 aliphatic rings. The van der Waals surface area contributed by atoms with Gasteiger partial charge in [0.1, 0.15) is 5.75 Å². The van der Waals surface area contributed by atoms with Crippen molar-refractivity contribution in [1.82, 2.24) is 0 Å². The third-order valence-electron chi connectivity index (χ3n) is 4.05. The smallest absolute Gasteiger partial charge is 0.303 e. The molecule has 2 aromatic carbocycles. The number of rotatable bonds is 8. The first-order valence-electron chi connectivity index (χ1n) is 7.87. The predicted octanol–water partition coefficient (Wildman–Crippen LogP) is 4.67. The van der Waals surface area contributed by atoms with E-state index >= 15 is 0 Å². The summed E-state index contributed by atoms with van der Waals surface area (Å²) in [5.41, 5.74) is 1.34. The van der Waals surface area contributed by atoms with E-state index in [4.69, 9.17) is 9.84 Å². The number of carbonyl (C=O) groups is 1. The van der Waals surface area contributed by atoms with Crippen LogP contribution in [0.4, 0.5) is 0 Å². The zero-order valence-electron chi connectivity index (χ0n) is 13.3. The monoisotopic (exact) mass is 300 g/mol. The summed E-state index contributed by atoms with van der Waals surface area (Å²) in [5.74, 6) is 0.451. The molecule has 0 fully saturated rings. The van der Waals surface area contributed by atoms with Gasteiger partial charge in [-0.3, -0.25) is 4.79 Å². The van der Waals surface area contributed by atoms with Crippen LogP contribution in [0.2, 0.25) is 0 Å². The molecule has 3 heteroatoms. The van der Waals surface area contributed by atoms with Crippen molar-refractivity contribution in [3.8, 4) is 5.75 Å². The molecular formula is C19H24O3. The number of unbranched alkanes of at least 4 members (excludes halogenated alkanes) is 1. The van der Waals surface area contributed by atoms with E-state index in [9.17, 15) is 4.79 Å². The summed E-state index contributed by atoms with van der Waals surface area (Å²) >= 11 is 0. The molecule has 2 aromatic rings. The van der Waals surface area contributed by atoms with E-state index in [1.54, 1.807) is 7.11 Å². The van der Waals surface area contributed by atoms with E-state index in [2.05, 4.69) is 24.3 Å². The molecule has 0 aromatic heterocycles. The molecule has 118 valence electrons. The van der Waals surface area contributed by atoms with Crippen LogP contribution in [-0.4, -0.2) is 18.2 Å². The molecule has 0 aliphatic carbocycles. The minimum Gasteiger partial charge on any atom is -0.497 e. The van der Waals surface area contributed by atoms with Gasteiger partial charge in [-0.2, -0.15) is 0 Å². The molecule has 22 heavy (non-hydrogen) atoms. The lowest BCUT2D eigenvalue weighted by atomic mass is 9.97. The van der Waals surface area contributed by atoms with Crippen molar-refractivity contribution in [2.75, 3.05) is 7.11 Å². The first-order chi connectivity index (χ1) is 10.6. The molecule has 0 amide bonds. The lowest BCUT2D eigenvalue weighted by Crippen LogP contribution is -2.04. The minimum absolute atomic E-state index is 0.265. The van der Waals surface area contributed by atoms with Crippen molar-refractivity contribution in [1.29, 1.82) is 0 Å². The molecule has 1 unspecified atom stereocenters. The lowest BCUT2D eigenvalue weighted by Gasteiger charge is -2.09. The molecule has 0 saturated carbocycles. The molecule has 1 N–H and O–H groups in total. The standard InChI is InChI=1S/C19H24O3/c1-14(11-19(20)21)5-3-4-6-15-7-8-17-13-18(22-2)10-9-16(17)12-15/h7-10,12-14H,3-6,11H2,1-2H3,(H,20,21). The number of benzene rings is 2. The van der Waals surface area contributed by atoms with Crippen molar-refractivity contribution in [3.63, 3.8) is 0 Å². The number of hydrogen-bond acceptors (Lipinski definition) is 2. The van der Waals surface area contributed by atoms with Gasteiger partial charge in [-0.05, 0) is 47.2 Å². The Hall–Kier alpha value is -2.03.